The van der Waals surface area contributed by atoms with Gasteiger partial charge in [0, 0.05) is 14.2 Å². The average Bonchev–Trinajstić information content (AvgIpc) is 2.15. The van der Waals surface area contributed by atoms with Crippen molar-refractivity contribution in [2.45, 2.75) is 30.9 Å². The van der Waals surface area contributed by atoms with E-state index in [2.05, 4.69) is 0 Å². The summed E-state index contributed by atoms with van der Waals surface area (Å²) in [4.78, 5) is 0. The predicted molar refractivity (Wildman–Crippen MR) is 40.7 cm³/mol. The van der Waals surface area contributed by atoms with Gasteiger partial charge in [-0.05, 0) is 0 Å². The van der Waals surface area contributed by atoms with Gasteiger partial charge in [0.25, 0.3) is 0 Å². The number of hydrogen-bond donors (Lipinski definition) is 3. The molecule has 1 heterocycles. The van der Waals surface area contributed by atoms with Crippen LogP contribution in [-0.4, -0.2) is 60.4 Å². The molecule has 1 saturated heterocycles. The Morgan fingerprint density at radius 3 is 1.54 bits per heavy atom. The van der Waals surface area contributed by atoms with Gasteiger partial charge in [0.1, 0.15) is 18.3 Å². The van der Waals surface area contributed by atoms with Crippen molar-refractivity contribution in [1.29, 1.82) is 0 Å². The Bertz CT molecular complexity index is 143. The summed E-state index contributed by atoms with van der Waals surface area (Å²) >= 11 is 0. The van der Waals surface area contributed by atoms with E-state index in [1.54, 1.807) is 0 Å². The van der Waals surface area contributed by atoms with E-state index in [1.807, 2.05) is 0 Å². The summed E-state index contributed by atoms with van der Waals surface area (Å²) in [5, 5.41) is 27.9. The molecule has 0 aromatic carbocycles. The van der Waals surface area contributed by atoms with Gasteiger partial charge in [0.15, 0.2) is 12.6 Å². The third kappa shape index (κ3) is 1.98. The highest BCUT2D eigenvalue weighted by atomic mass is 16.8. The van der Waals surface area contributed by atoms with Crippen LogP contribution in [0.4, 0.5) is 0 Å². The maximum Gasteiger partial charge on any atom is 0.188 e. The minimum absolute atomic E-state index is 0.983. The predicted octanol–water partition coefficient (Wildman–Crippen LogP) is -1.96. The van der Waals surface area contributed by atoms with E-state index in [0.29, 0.717) is 0 Å². The largest absolute Gasteiger partial charge is 0.387 e. The number of aliphatic hydroxyl groups excluding tert-OH is 3. The van der Waals surface area contributed by atoms with E-state index >= 15 is 0 Å². The Labute approximate surface area is 75.6 Å². The second kappa shape index (κ2) is 4.32. The van der Waals surface area contributed by atoms with Gasteiger partial charge in [-0.3, -0.25) is 0 Å². The van der Waals surface area contributed by atoms with Gasteiger partial charge in [-0.15, -0.1) is 0 Å². The number of ether oxygens (including phenoxy) is 3. The van der Waals surface area contributed by atoms with Crippen LogP contribution in [0.5, 0.6) is 0 Å². The summed E-state index contributed by atoms with van der Waals surface area (Å²) < 4.78 is 14.4. The van der Waals surface area contributed by atoms with Gasteiger partial charge in [-0.25, -0.2) is 0 Å². The number of rotatable bonds is 2. The highest BCUT2D eigenvalue weighted by Gasteiger charge is 2.44. The highest BCUT2D eigenvalue weighted by molar-refractivity contribution is 4.85. The zero-order valence-corrected chi connectivity index (χ0v) is 7.45. The van der Waals surface area contributed by atoms with Gasteiger partial charge < -0.3 is 29.5 Å². The lowest BCUT2D eigenvalue weighted by molar-refractivity contribution is -0.340. The monoisotopic (exact) mass is 194 g/mol. The molecule has 6 heteroatoms. The first-order valence-corrected chi connectivity index (χ1v) is 3.87. The van der Waals surface area contributed by atoms with E-state index in [4.69, 9.17) is 14.2 Å². The van der Waals surface area contributed by atoms with Crippen LogP contribution in [0.25, 0.3) is 0 Å². The molecule has 1 aliphatic heterocycles. The van der Waals surface area contributed by atoms with Crippen molar-refractivity contribution >= 4 is 0 Å². The molecular formula is C7H14O6. The van der Waals surface area contributed by atoms with Crippen molar-refractivity contribution in [2.75, 3.05) is 14.2 Å². The smallest absolute Gasteiger partial charge is 0.188 e. The molecule has 0 aromatic heterocycles. The number of hydrogen-bond acceptors (Lipinski definition) is 6. The first kappa shape index (κ1) is 10.8. The molecule has 0 amide bonds. The zero-order chi connectivity index (χ0) is 10.0. The molecule has 1 aliphatic rings. The van der Waals surface area contributed by atoms with E-state index in [0.717, 1.165) is 0 Å². The summed E-state index contributed by atoms with van der Waals surface area (Å²) in [6.07, 6.45) is -5.84. The normalized spacial score (nSPS) is 46.4. The zero-order valence-electron chi connectivity index (χ0n) is 7.45. The highest BCUT2D eigenvalue weighted by Crippen LogP contribution is 2.21. The van der Waals surface area contributed by atoms with E-state index in [9.17, 15) is 15.3 Å². The molecule has 0 aromatic rings. The number of methoxy groups -OCH3 is 2. The molecular weight excluding hydrogens is 180 g/mol. The molecule has 0 saturated carbocycles. The second-order valence-corrected chi connectivity index (χ2v) is 2.82. The molecule has 6 nitrogen and oxygen atoms in total. The number of aliphatic hydroxyl groups is 3. The third-order valence-electron chi connectivity index (χ3n) is 1.99. The fourth-order valence-corrected chi connectivity index (χ4v) is 1.21. The molecule has 1 rings (SSSR count). The van der Waals surface area contributed by atoms with Gasteiger partial charge in [0.2, 0.25) is 0 Å². The minimum atomic E-state index is -1.33. The molecule has 13 heavy (non-hydrogen) atoms. The van der Waals surface area contributed by atoms with Gasteiger partial charge in [0.05, 0.1) is 0 Å². The van der Waals surface area contributed by atoms with Crippen molar-refractivity contribution in [3.63, 3.8) is 0 Å². The fourth-order valence-electron chi connectivity index (χ4n) is 1.21. The molecule has 3 N–H and O–H groups in total. The Morgan fingerprint density at radius 2 is 1.23 bits per heavy atom. The summed E-state index contributed by atoms with van der Waals surface area (Å²) in [5.74, 6) is 0. The standard InChI is InChI=1S/C7H14O6/c1-11-6-4(9)3(8)5(10)7(12-2)13-6/h3-10H,1-2H3/t3?,4?,5?,6-,7+. The van der Waals surface area contributed by atoms with Crippen LogP contribution in [0, 0.1) is 0 Å². The van der Waals surface area contributed by atoms with Crippen LogP contribution < -0.4 is 0 Å². The van der Waals surface area contributed by atoms with Crippen LogP contribution >= 0.6 is 0 Å². The van der Waals surface area contributed by atoms with Crippen LogP contribution in [0.15, 0.2) is 0 Å². The van der Waals surface area contributed by atoms with E-state index in [1.165, 1.54) is 14.2 Å². The maximum absolute atomic E-state index is 9.31. The summed E-state index contributed by atoms with van der Waals surface area (Å²) in [5.41, 5.74) is 0. The molecule has 78 valence electrons. The SMILES string of the molecule is CO[C@@H]1O[C@H](OC)C(O)C(O)C1O. The minimum Gasteiger partial charge on any atom is -0.387 e. The van der Waals surface area contributed by atoms with Crippen LogP contribution in [0.1, 0.15) is 0 Å². The molecule has 5 atom stereocenters. The second-order valence-electron chi connectivity index (χ2n) is 2.82. The van der Waals surface area contributed by atoms with Crippen molar-refractivity contribution in [2.24, 2.45) is 0 Å². The Balaban J connectivity index is 2.66. The topological polar surface area (TPSA) is 88.4 Å². The summed E-state index contributed by atoms with van der Waals surface area (Å²) in [6.45, 7) is 0. The van der Waals surface area contributed by atoms with Crippen LogP contribution in [0.2, 0.25) is 0 Å². The molecule has 1 fully saturated rings. The Morgan fingerprint density at radius 1 is 0.846 bits per heavy atom. The Hall–Kier alpha value is -0.240. The average molecular weight is 194 g/mol. The van der Waals surface area contributed by atoms with Crippen molar-refractivity contribution in [3.05, 3.63) is 0 Å². The van der Waals surface area contributed by atoms with Crippen molar-refractivity contribution < 1.29 is 29.5 Å². The quantitative estimate of drug-likeness (QED) is 0.473. The third-order valence-corrected chi connectivity index (χ3v) is 1.99. The van der Waals surface area contributed by atoms with Crippen LogP contribution in [0.3, 0.4) is 0 Å². The summed E-state index contributed by atoms with van der Waals surface area (Å²) in [6, 6.07) is 0. The Kier molecular flexibility index (Phi) is 3.60. The van der Waals surface area contributed by atoms with Crippen molar-refractivity contribution in [3.8, 4) is 0 Å². The molecule has 3 unspecified atom stereocenters. The lowest BCUT2D eigenvalue weighted by atomic mass is 10.0. The van der Waals surface area contributed by atoms with E-state index in [-0.39, 0.29) is 0 Å². The first-order chi connectivity index (χ1) is 6.11. The van der Waals surface area contributed by atoms with Gasteiger partial charge in [-0.2, -0.15) is 0 Å². The molecule has 0 radical (unpaired) electrons. The molecule has 0 bridgehead atoms. The van der Waals surface area contributed by atoms with Gasteiger partial charge >= 0.3 is 0 Å². The van der Waals surface area contributed by atoms with Gasteiger partial charge in [-0.1, -0.05) is 0 Å². The lowest BCUT2D eigenvalue weighted by Gasteiger charge is -2.38. The van der Waals surface area contributed by atoms with Crippen LogP contribution in [-0.2, 0) is 14.2 Å². The maximum atomic E-state index is 9.31. The lowest BCUT2D eigenvalue weighted by Crippen LogP contribution is -2.58. The first-order valence-electron chi connectivity index (χ1n) is 3.87. The van der Waals surface area contributed by atoms with Crippen molar-refractivity contribution in [1.82, 2.24) is 0 Å². The molecule has 0 aliphatic carbocycles. The fraction of sp³-hybridized carbons (Fsp3) is 1.00. The summed E-state index contributed by atoms with van der Waals surface area (Å²) in [7, 11) is 2.65. The molecule has 0 spiro atoms. The van der Waals surface area contributed by atoms with E-state index < -0.39 is 30.9 Å².